The third-order valence-corrected chi connectivity index (χ3v) is 5.00. The van der Waals surface area contributed by atoms with Crippen molar-refractivity contribution in [2.75, 3.05) is 0 Å². The molecule has 5 heteroatoms. The first kappa shape index (κ1) is 15.6. The second kappa shape index (κ2) is 5.99. The van der Waals surface area contributed by atoms with Gasteiger partial charge >= 0.3 is 0 Å². The van der Waals surface area contributed by atoms with E-state index in [-0.39, 0.29) is 0 Å². The smallest absolute Gasteiger partial charge is 0.185 e. The monoisotopic (exact) mass is 351 g/mol. The molecule has 0 amide bonds. The molecule has 0 aliphatic heterocycles. The number of aryl methyl sites for hydroxylation is 2. The van der Waals surface area contributed by atoms with Gasteiger partial charge in [-0.05, 0) is 43.2 Å². The Morgan fingerprint density at radius 2 is 1.48 bits per heavy atom. The fourth-order valence-corrected chi connectivity index (χ4v) is 3.37. The summed E-state index contributed by atoms with van der Waals surface area (Å²) in [5, 5.41) is 19.7. The van der Waals surface area contributed by atoms with Crippen LogP contribution in [0.25, 0.3) is 38.9 Å². The van der Waals surface area contributed by atoms with E-state index >= 15 is 0 Å². The normalized spacial score (nSPS) is 11.3. The summed E-state index contributed by atoms with van der Waals surface area (Å²) in [4.78, 5) is 0. The average molecular weight is 351 g/mol. The van der Waals surface area contributed by atoms with Gasteiger partial charge in [0.2, 0.25) is 0 Å². The first-order valence-electron chi connectivity index (χ1n) is 8.86. The summed E-state index contributed by atoms with van der Waals surface area (Å²) in [6, 6.07) is 22.4. The second-order valence-electron chi connectivity index (χ2n) is 6.71. The summed E-state index contributed by atoms with van der Waals surface area (Å²) < 4.78 is 1.76. The maximum absolute atomic E-state index is 4.57. The maximum Gasteiger partial charge on any atom is 0.185 e. The lowest BCUT2D eigenvalue weighted by molar-refractivity contribution is 0.790. The lowest BCUT2D eigenvalue weighted by Gasteiger charge is -2.10. The first-order valence-corrected chi connectivity index (χ1v) is 8.86. The summed E-state index contributed by atoms with van der Waals surface area (Å²) >= 11 is 0. The van der Waals surface area contributed by atoms with Gasteiger partial charge in [0.25, 0.3) is 0 Å². The molecule has 0 saturated heterocycles. The zero-order valence-corrected chi connectivity index (χ0v) is 15.1. The van der Waals surface area contributed by atoms with Gasteiger partial charge < -0.3 is 0 Å². The first-order chi connectivity index (χ1) is 13.2. The highest BCUT2D eigenvalue weighted by atomic mass is 15.5. The number of aromatic nitrogens is 5. The van der Waals surface area contributed by atoms with E-state index in [1.807, 2.05) is 36.4 Å². The highest BCUT2D eigenvalue weighted by molar-refractivity contribution is 5.98. The lowest BCUT2D eigenvalue weighted by Crippen LogP contribution is -2.04. The van der Waals surface area contributed by atoms with E-state index in [2.05, 4.69) is 64.7 Å². The Morgan fingerprint density at radius 3 is 2.33 bits per heavy atom. The number of nitrogens with zero attached hydrogens (tertiary/aromatic N) is 5. The van der Waals surface area contributed by atoms with Crippen LogP contribution in [0.3, 0.4) is 0 Å². The highest BCUT2D eigenvalue weighted by Gasteiger charge is 2.15. The van der Waals surface area contributed by atoms with Gasteiger partial charge in [0, 0.05) is 16.3 Å². The summed E-state index contributed by atoms with van der Waals surface area (Å²) in [6.45, 7) is 4.23. The molecule has 0 fully saturated rings. The van der Waals surface area contributed by atoms with Gasteiger partial charge in [-0.25, -0.2) is 0 Å². The largest absolute Gasteiger partial charge is 0.192 e. The number of hydrogen-bond donors (Lipinski definition) is 0. The zero-order valence-electron chi connectivity index (χ0n) is 15.1. The summed E-state index contributed by atoms with van der Waals surface area (Å²) in [6.07, 6.45) is 0. The van der Waals surface area contributed by atoms with Crippen molar-refractivity contribution in [2.45, 2.75) is 13.8 Å². The second-order valence-corrected chi connectivity index (χ2v) is 6.71. The molecule has 2 aromatic heterocycles. The minimum absolute atomic E-state index is 0.687. The van der Waals surface area contributed by atoms with E-state index in [1.54, 1.807) is 4.68 Å². The van der Waals surface area contributed by atoms with Gasteiger partial charge in [-0.1, -0.05) is 53.7 Å². The lowest BCUT2D eigenvalue weighted by atomic mass is 10.0. The molecule has 0 unspecified atom stereocenters. The number of fused-ring (bicyclic) bond motifs is 2. The number of para-hydroxylation sites is 1. The predicted molar refractivity (Wildman–Crippen MR) is 107 cm³/mol. The van der Waals surface area contributed by atoms with Crippen LogP contribution in [0.15, 0.2) is 66.7 Å². The molecule has 0 atom stereocenters. The van der Waals surface area contributed by atoms with Gasteiger partial charge in [-0.2, -0.15) is 4.68 Å². The van der Waals surface area contributed by atoms with E-state index in [9.17, 15) is 0 Å². The Balaban J connectivity index is 1.78. The third kappa shape index (κ3) is 2.47. The third-order valence-electron chi connectivity index (χ3n) is 5.00. The summed E-state index contributed by atoms with van der Waals surface area (Å²) in [5.41, 5.74) is 6.20. The molecule has 3 aromatic carbocycles. The minimum atomic E-state index is 0.687. The van der Waals surface area contributed by atoms with Crippen molar-refractivity contribution in [2.24, 2.45) is 0 Å². The Labute approximate surface area is 156 Å². The fraction of sp³-hybridized carbons (Fsp3) is 0.0909. The Hall–Kier alpha value is -3.60. The van der Waals surface area contributed by atoms with Crippen LogP contribution in [0.4, 0.5) is 0 Å². The molecule has 0 bridgehead atoms. The predicted octanol–water partition coefficient (Wildman–Crippen LogP) is 4.65. The van der Waals surface area contributed by atoms with Crippen molar-refractivity contribution < 1.29 is 0 Å². The SMILES string of the molecule is Cc1ccc(-c2nnc(-n3nnc4ccccc43)c3ccccc23)cc1C. The summed E-state index contributed by atoms with van der Waals surface area (Å²) in [5.74, 6) is 0.687. The zero-order chi connectivity index (χ0) is 18.4. The minimum Gasteiger partial charge on any atom is -0.192 e. The molecule has 2 heterocycles. The van der Waals surface area contributed by atoms with Crippen molar-refractivity contribution >= 4 is 21.8 Å². The van der Waals surface area contributed by atoms with Crippen LogP contribution in [0, 0.1) is 13.8 Å². The van der Waals surface area contributed by atoms with Gasteiger partial charge in [0.15, 0.2) is 5.82 Å². The van der Waals surface area contributed by atoms with Crippen LogP contribution in [0.1, 0.15) is 11.1 Å². The molecule has 0 saturated carbocycles. The van der Waals surface area contributed by atoms with Crippen LogP contribution in [-0.4, -0.2) is 25.2 Å². The molecule has 0 aliphatic carbocycles. The van der Waals surface area contributed by atoms with Crippen molar-refractivity contribution in [1.82, 2.24) is 25.2 Å². The standard InChI is InChI=1S/C22H17N5/c1-14-11-12-16(13-15(14)2)21-17-7-3-4-8-18(17)22(25-24-21)27-20-10-6-5-9-19(20)23-26-27/h3-13H,1-2H3. The molecule has 5 rings (SSSR count). The quantitative estimate of drug-likeness (QED) is 0.465. The molecular formula is C22H17N5. The molecular weight excluding hydrogens is 334 g/mol. The van der Waals surface area contributed by atoms with E-state index in [0.29, 0.717) is 5.82 Å². The van der Waals surface area contributed by atoms with Crippen molar-refractivity contribution in [3.63, 3.8) is 0 Å². The highest BCUT2D eigenvalue weighted by Crippen LogP contribution is 2.30. The summed E-state index contributed by atoms with van der Waals surface area (Å²) in [7, 11) is 0. The topological polar surface area (TPSA) is 56.5 Å². The molecule has 0 radical (unpaired) electrons. The molecule has 5 aromatic rings. The van der Waals surface area contributed by atoms with E-state index in [1.165, 1.54) is 11.1 Å². The number of rotatable bonds is 2. The Morgan fingerprint density at radius 1 is 0.704 bits per heavy atom. The maximum atomic E-state index is 4.57. The van der Waals surface area contributed by atoms with Crippen LogP contribution >= 0.6 is 0 Å². The van der Waals surface area contributed by atoms with Crippen molar-refractivity contribution in [3.8, 4) is 17.1 Å². The molecule has 27 heavy (non-hydrogen) atoms. The van der Waals surface area contributed by atoms with Gasteiger partial charge in [-0.3, -0.25) is 0 Å². The Bertz CT molecular complexity index is 1300. The molecule has 0 N–H and O–H groups in total. The van der Waals surface area contributed by atoms with Crippen LogP contribution in [-0.2, 0) is 0 Å². The van der Waals surface area contributed by atoms with Gasteiger partial charge in [-0.15, -0.1) is 15.3 Å². The van der Waals surface area contributed by atoms with E-state index in [4.69, 9.17) is 0 Å². The van der Waals surface area contributed by atoms with Crippen LogP contribution < -0.4 is 0 Å². The molecule has 0 aliphatic rings. The van der Waals surface area contributed by atoms with Gasteiger partial charge in [0.05, 0.1) is 5.52 Å². The van der Waals surface area contributed by atoms with Crippen molar-refractivity contribution in [1.29, 1.82) is 0 Å². The fourth-order valence-electron chi connectivity index (χ4n) is 3.37. The average Bonchev–Trinajstić information content (AvgIpc) is 3.13. The molecule has 130 valence electrons. The van der Waals surface area contributed by atoms with Gasteiger partial charge in [0.1, 0.15) is 11.2 Å². The Kier molecular flexibility index (Phi) is 3.47. The number of hydrogen-bond acceptors (Lipinski definition) is 4. The molecule has 0 spiro atoms. The van der Waals surface area contributed by atoms with Crippen LogP contribution in [0.2, 0.25) is 0 Å². The number of benzene rings is 3. The van der Waals surface area contributed by atoms with Crippen LogP contribution in [0.5, 0.6) is 0 Å². The molecule has 5 nitrogen and oxygen atoms in total. The van der Waals surface area contributed by atoms with Crippen molar-refractivity contribution in [3.05, 3.63) is 77.9 Å². The van der Waals surface area contributed by atoms with E-state index in [0.717, 1.165) is 33.1 Å². The van der Waals surface area contributed by atoms with E-state index < -0.39 is 0 Å².